The summed E-state index contributed by atoms with van der Waals surface area (Å²) in [6.07, 6.45) is 9.71. The van der Waals surface area contributed by atoms with Crippen LogP contribution in [0.2, 0.25) is 0 Å². The van der Waals surface area contributed by atoms with Crippen molar-refractivity contribution in [3.05, 3.63) is 54.1 Å². The van der Waals surface area contributed by atoms with Crippen molar-refractivity contribution in [1.29, 1.82) is 0 Å². The summed E-state index contributed by atoms with van der Waals surface area (Å²) in [7, 11) is 2.19. The van der Waals surface area contributed by atoms with Crippen molar-refractivity contribution in [3.8, 4) is 0 Å². The van der Waals surface area contributed by atoms with Crippen molar-refractivity contribution in [2.45, 2.75) is 16.2 Å². The van der Waals surface area contributed by atoms with Crippen LogP contribution in [0.4, 0.5) is 0 Å². The fourth-order valence-electron chi connectivity index (χ4n) is 3.20. The molecule has 1 unspecified atom stereocenters. The maximum absolute atomic E-state index is 5.21. The molecule has 0 N–H and O–H groups in total. The second kappa shape index (κ2) is 5.60. The summed E-state index contributed by atoms with van der Waals surface area (Å²) in [5, 5.41) is 0. The van der Waals surface area contributed by atoms with Gasteiger partial charge in [0.2, 0.25) is 0 Å². The van der Waals surface area contributed by atoms with Gasteiger partial charge in [-0.2, -0.15) is 0 Å². The normalized spacial score (nSPS) is 27.9. The smallest absolute Gasteiger partial charge is 0.134 e. The SMILES string of the molecule is CN1CCN(C2=NC3(C=CC=CC3)Sc3ccccc32)CC1. The lowest BCUT2D eigenvalue weighted by Crippen LogP contribution is -2.49. The standard InChI is InChI=1S/C18H21N3S/c1-20-11-13-21(14-12-20)17-15-7-3-4-8-16(15)22-18(19-17)9-5-2-6-10-18/h2-9H,10-14H2,1H3. The van der Waals surface area contributed by atoms with E-state index in [4.69, 9.17) is 4.99 Å². The fourth-order valence-corrected chi connectivity index (χ4v) is 4.46. The van der Waals surface area contributed by atoms with Crippen LogP contribution >= 0.6 is 11.8 Å². The van der Waals surface area contributed by atoms with E-state index in [1.54, 1.807) is 0 Å². The first-order valence-electron chi connectivity index (χ1n) is 7.92. The van der Waals surface area contributed by atoms with E-state index in [0.29, 0.717) is 0 Å². The zero-order valence-corrected chi connectivity index (χ0v) is 13.7. The maximum Gasteiger partial charge on any atom is 0.134 e. The number of thioether (sulfide) groups is 1. The number of hydrogen-bond donors (Lipinski definition) is 0. The van der Waals surface area contributed by atoms with Crippen LogP contribution in [0.15, 0.2) is 58.5 Å². The third kappa shape index (κ3) is 2.50. The Kier molecular flexibility index (Phi) is 3.59. The average molecular weight is 311 g/mol. The van der Waals surface area contributed by atoms with Gasteiger partial charge in [-0.1, -0.05) is 48.2 Å². The van der Waals surface area contributed by atoms with Gasteiger partial charge in [-0.15, -0.1) is 0 Å². The van der Waals surface area contributed by atoms with E-state index in [0.717, 1.165) is 32.6 Å². The Morgan fingerprint density at radius 1 is 1.09 bits per heavy atom. The van der Waals surface area contributed by atoms with E-state index in [9.17, 15) is 0 Å². The number of benzene rings is 1. The Morgan fingerprint density at radius 3 is 2.68 bits per heavy atom. The monoisotopic (exact) mass is 311 g/mol. The largest absolute Gasteiger partial charge is 0.354 e. The molecule has 2 heterocycles. The van der Waals surface area contributed by atoms with Gasteiger partial charge in [0.15, 0.2) is 0 Å². The van der Waals surface area contributed by atoms with Gasteiger partial charge in [0.1, 0.15) is 10.7 Å². The van der Waals surface area contributed by atoms with Crippen molar-refractivity contribution >= 4 is 17.6 Å². The lowest BCUT2D eigenvalue weighted by Gasteiger charge is -2.40. The van der Waals surface area contributed by atoms with Crippen molar-refractivity contribution in [2.75, 3.05) is 33.2 Å². The second-order valence-corrected chi connectivity index (χ2v) is 7.51. The van der Waals surface area contributed by atoms with Crippen LogP contribution in [-0.4, -0.2) is 53.7 Å². The quantitative estimate of drug-likeness (QED) is 0.734. The molecule has 1 spiro atoms. The Morgan fingerprint density at radius 2 is 1.91 bits per heavy atom. The molecule has 1 fully saturated rings. The first-order valence-corrected chi connectivity index (χ1v) is 8.74. The summed E-state index contributed by atoms with van der Waals surface area (Å²) in [5.74, 6) is 1.18. The van der Waals surface area contributed by atoms with Crippen molar-refractivity contribution in [2.24, 2.45) is 4.99 Å². The third-order valence-corrected chi connectivity index (χ3v) is 5.85. The number of fused-ring (bicyclic) bond motifs is 1. The van der Waals surface area contributed by atoms with Crippen LogP contribution in [-0.2, 0) is 0 Å². The van der Waals surface area contributed by atoms with Crippen LogP contribution in [0.1, 0.15) is 12.0 Å². The van der Waals surface area contributed by atoms with E-state index in [-0.39, 0.29) is 4.87 Å². The predicted molar refractivity (Wildman–Crippen MR) is 93.5 cm³/mol. The van der Waals surface area contributed by atoms with Crippen LogP contribution in [0.25, 0.3) is 0 Å². The van der Waals surface area contributed by atoms with Crippen LogP contribution in [0.5, 0.6) is 0 Å². The van der Waals surface area contributed by atoms with Crippen LogP contribution in [0.3, 0.4) is 0 Å². The topological polar surface area (TPSA) is 18.8 Å². The second-order valence-electron chi connectivity index (χ2n) is 6.16. The number of aliphatic imine (C=N–C) groups is 1. The molecule has 1 atom stereocenters. The van der Waals surface area contributed by atoms with Crippen LogP contribution < -0.4 is 0 Å². The predicted octanol–water partition coefficient (Wildman–Crippen LogP) is 3.00. The summed E-state index contributed by atoms with van der Waals surface area (Å²) in [5.41, 5.74) is 1.30. The molecule has 4 rings (SSSR count). The lowest BCUT2D eigenvalue weighted by molar-refractivity contribution is 0.215. The molecule has 3 nitrogen and oxygen atoms in total. The molecule has 1 aromatic rings. The van der Waals surface area contributed by atoms with Crippen molar-refractivity contribution in [3.63, 3.8) is 0 Å². The summed E-state index contributed by atoms with van der Waals surface area (Å²) in [4.78, 5) is 11.3. The van der Waals surface area contributed by atoms with Crippen molar-refractivity contribution in [1.82, 2.24) is 9.80 Å². The van der Waals surface area contributed by atoms with Gasteiger partial charge in [0.05, 0.1) is 0 Å². The molecule has 1 saturated heterocycles. The van der Waals surface area contributed by atoms with Gasteiger partial charge in [-0.05, 0) is 19.2 Å². The highest BCUT2D eigenvalue weighted by Crippen LogP contribution is 2.45. The third-order valence-electron chi connectivity index (χ3n) is 4.53. The summed E-state index contributed by atoms with van der Waals surface area (Å²) >= 11 is 1.89. The zero-order chi connectivity index (χ0) is 15.0. The Hall–Kier alpha value is -1.52. The number of allylic oxidation sites excluding steroid dienone is 2. The molecule has 3 aliphatic rings. The van der Waals surface area contributed by atoms with Gasteiger partial charge in [-0.25, -0.2) is 4.99 Å². The van der Waals surface area contributed by atoms with Gasteiger partial charge in [-0.3, -0.25) is 0 Å². The molecule has 1 aromatic carbocycles. The maximum atomic E-state index is 5.21. The molecule has 0 amide bonds. The van der Waals surface area contributed by atoms with E-state index in [1.165, 1.54) is 16.3 Å². The lowest BCUT2D eigenvalue weighted by atomic mass is 10.1. The Labute approximate surface area is 136 Å². The van der Waals surface area contributed by atoms with Gasteiger partial charge < -0.3 is 9.80 Å². The van der Waals surface area contributed by atoms with Gasteiger partial charge >= 0.3 is 0 Å². The van der Waals surface area contributed by atoms with E-state index in [1.807, 2.05) is 11.8 Å². The fraction of sp³-hybridized carbons (Fsp3) is 0.389. The molecule has 0 bridgehead atoms. The number of rotatable bonds is 0. The minimum Gasteiger partial charge on any atom is -0.354 e. The molecule has 0 aromatic heterocycles. The first-order chi connectivity index (χ1) is 10.8. The molecule has 0 saturated carbocycles. The molecule has 0 radical (unpaired) electrons. The number of amidine groups is 1. The molecule has 114 valence electrons. The van der Waals surface area contributed by atoms with E-state index >= 15 is 0 Å². The number of likely N-dealkylation sites (N-methyl/N-ethyl adjacent to an activating group) is 1. The minimum atomic E-state index is -0.151. The van der Waals surface area contributed by atoms with Crippen molar-refractivity contribution < 1.29 is 0 Å². The average Bonchev–Trinajstić information content (AvgIpc) is 2.56. The summed E-state index contributed by atoms with van der Waals surface area (Å²) in [6.45, 7) is 4.34. The number of nitrogens with zero attached hydrogens (tertiary/aromatic N) is 3. The molecular weight excluding hydrogens is 290 g/mol. The highest BCUT2D eigenvalue weighted by molar-refractivity contribution is 8.01. The van der Waals surface area contributed by atoms with Gasteiger partial charge in [0, 0.05) is 43.1 Å². The molecule has 4 heteroatoms. The highest BCUT2D eigenvalue weighted by Gasteiger charge is 2.35. The summed E-state index contributed by atoms with van der Waals surface area (Å²) < 4.78 is 0. The zero-order valence-electron chi connectivity index (χ0n) is 12.9. The Bertz CT molecular complexity index is 656. The van der Waals surface area contributed by atoms with E-state index in [2.05, 4.69) is 65.4 Å². The first kappa shape index (κ1) is 14.1. The van der Waals surface area contributed by atoms with E-state index < -0.39 is 0 Å². The van der Waals surface area contributed by atoms with Crippen LogP contribution in [0, 0.1) is 0 Å². The molecule has 22 heavy (non-hydrogen) atoms. The Balaban J connectivity index is 1.74. The molecular formula is C18H21N3S. The number of piperazine rings is 1. The summed E-state index contributed by atoms with van der Waals surface area (Å²) in [6, 6.07) is 8.71. The minimum absolute atomic E-state index is 0.151. The highest BCUT2D eigenvalue weighted by atomic mass is 32.2. The molecule has 1 aliphatic carbocycles. The van der Waals surface area contributed by atoms with Gasteiger partial charge in [0.25, 0.3) is 0 Å². The number of hydrogen-bond acceptors (Lipinski definition) is 4. The molecule has 2 aliphatic heterocycles.